The number of halogens is 1. The molecule has 0 aliphatic carbocycles. The minimum atomic E-state index is -0.110. The normalized spacial score (nSPS) is 13.9. The average molecular weight is 412 g/mol. The zero-order valence-corrected chi connectivity index (χ0v) is 17.1. The zero-order chi connectivity index (χ0) is 20.5. The van der Waals surface area contributed by atoms with Gasteiger partial charge in [0.25, 0.3) is 0 Å². The highest BCUT2D eigenvalue weighted by Gasteiger charge is 2.24. The summed E-state index contributed by atoms with van der Waals surface area (Å²) in [7, 11) is 1.56. The largest absolute Gasteiger partial charge is 0.495 e. The summed E-state index contributed by atoms with van der Waals surface area (Å²) in [4.78, 5) is 30.9. The zero-order valence-electron chi connectivity index (χ0n) is 16.3. The van der Waals surface area contributed by atoms with Crippen LogP contribution in [0.5, 0.6) is 5.75 Å². The van der Waals surface area contributed by atoms with Gasteiger partial charge in [-0.3, -0.25) is 14.5 Å². The lowest BCUT2D eigenvalue weighted by molar-refractivity contribution is -0.117. The lowest BCUT2D eigenvalue weighted by Gasteiger charge is -2.28. The van der Waals surface area contributed by atoms with E-state index in [9.17, 15) is 9.59 Å². The summed E-state index contributed by atoms with van der Waals surface area (Å²) >= 11 is 6.30. The quantitative estimate of drug-likeness (QED) is 0.689. The van der Waals surface area contributed by atoms with Crippen molar-refractivity contribution in [2.24, 2.45) is 0 Å². The van der Waals surface area contributed by atoms with Gasteiger partial charge in [0.15, 0.2) is 5.43 Å². The Labute approximate surface area is 173 Å². The molecule has 0 unspecified atom stereocenters. The Morgan fingerprint density at radius 3 is 2.90 bits per heavy atom. The number of pyridine rings is 1. The Morgan fingerprint density at radius 2 is 2.14 bits per heavy atom. The smallest absolute Gasteiger partial charge is 0.238 e. The van der Waals surface area contributed by atoms with Crippen LogP contribution in [0.1, 0.15) is 16.8 Å². The molecule has 0 bridgehead atoms. The molecule has 2 N–H and O–H groups in total. The number of anilines is 1. The van der Waals surface area contributed by atoms with Gasteiger partial charge in [-0.15, -0.1) is 0 Å². The lowest BCUT2D eigenvalue weighted by atomic mass is 10.0. The number of aryl methyl sites for hydroxylation is 1. The van der Waals surface area contributed by atoms with Gasteiger partial charge >= 0.3 is 0 Å². The van der Waals surface area contributed by atoms with Gasteiger partial charge in [0.1, 0.15) is 5.75 Å². The molecule has 4 rings (SSSR count). The number of fused-ring (bicyclic) bond motifs is 2. The van der Waals surface area contributed by atoms with Gasteiger partial charge in [-0.25, -0.2) is 0 Å². The van der Waals surface area contributed by atoms with Crippen molar-refractivity contribution >= 4 is 34.1 Å². The molecule has 0 fully saturated rings. The van der Waals surface area contributed by atoms with Gasteiger partial charge in [0.05, 0.1) is 29.6 Å². The fraction of sp³-hybridized carbons (Fsp3) is 0.273. The van der Waals surface area contributed by atoms with Crippen molar-refractivity contribution < 1.29 is 9.53 Å². The second kappa shape index (κ2) is 7.89. The highest BCUT2D eigenvalue weighted by Crippen LogP contribution is 2.30. The number of aromatic amines is 1. The molecule has 0 spiro atoms. The number of H-pyrrole nitrogens is 1. The Morgan fingerprint density at radius 1 is 1.31 bits per heavy atom. The first-order valence-electron chi connectivity index (χ1n) is 9.45. The van der Waals surface area contributed by atoms with E-state index in [0.717, 1.165) is 16.9 Å². The second-order valence-corrected chi connectivity index (χ2v) is 7.70. The summed E-state index contributed by atoms with van der Waals surface area (Å²) in [6.07, 6.45) is 0.647. The van der Waals surface area contributed by atoms with Crippen molar-refractivity contribution in [2.45, 2.75) is 19.9 Å². The van der Waals surface area contributed by atoms with E-state index in [2.05, 4.69) is 10.3 Å². The number of rotatable bonds is 4. The average Bonchev–Trinajstić information content (AvgIpc) is 2.68. The maximum Gasteiger partial charge on any atom is 0.238 e. The van der Waals surface area contributed by atoms with Crippen LogP contribution < -0.4 is 15.5 Å². The maximum atomic E-state index is 13.1. The molecule has 150 valence electrons. The minimum absolute atomic E-state index is 0.101. The van der Waals surface area contributed by atoms with Crippen molar-refractivity contribution in [3.63, 3.8) is 0 Å². The predicted molar refractivity (Wildman–Crippen MR) is 115 cm³/mol. The molecule has 0 atom stereocenters. The molecule has 2 heterocycles. The summed E-state index contributed by atoms with van der Waals surface area (Å²) in [5.41, 5.74) is 3.90. The number of ether oxygens (including phenoxy) is 1. The van der Waals surface area contributed by atoms with Crippen LogP contribution in [0.25, 0.3) is 10.9 Å². The molecular formula is C22H22ClN3O3. The maximum absolute atomic E-state index is 13.1. The highest BCUT2D eigenvalue weighted by molar-refractivity contribution is 6.35. The van der Waals surface area contributed by atoms with E-state index in [-0.39, 0.29) is 17.9 Å². The number of nitrogens with zero attached hydrogens (tertiary/aromatic N) is 1. The van der Waals surface area contributed by atoms with Gasteiger partial charge in [-0.1, -0.05) is 23.7 Å². The number of hydrogen-bond acceptors (Lipinski definition) is 4. The fourth-order valence-electron chi connectivity index (χ4n) is 3.80. The van der Waals surface area contributed by atoms with Crippen LogP contribution in [0.15, 0.2) is 41.2 Å². The standard InChI is InChI=1S/C22H22ClN3O3/c1-13-4-3-5-14(10-13)24-19(27)12-26-9-8-17-15(11-26)22(28)20-16(23)6-7-18(29-2)21(20)25-17/h3-7,10H,8-9,11-12H2,1-2H3,(H,24,27)(H,25,28). The molecule has 0 saturated heterocycles. The number of methoxy groups -OCH3 is 1. The molecule has 1 aliphatic heterocycles. The van der Waals surface area contributed by atoms with Crippen LogP contribution in [0, 0.1) is 6.92 Å². The van der Waals surface area contributed by atoms with Crippen molar-refractivity contribution in [3.05, 3.63) is 68.5 Å². The van der Waals surface area contributed by atoms with E-state index in [1.165, 1.54) is 0 Å². The summed E-state index contributed by atoms with van der Waals surface area (Å²) in [6.45, 7) is 3.28. The molecule has 0 radical (unpaired) electrons. The van der Waals surface area contributed by atoms with Crippen LogP contribution in [0.4, 0.5) is 5.69 Å². The first-order valence-corrected chi connectivity index (χ1v) is 9.83. The molecule has 29 heavy (non-hydrogen) atoms. The molecule has 3 aromatic rings. The van der Waals surface area contributed by atoms with E-state index in [1.807, 2.05) is 36.1 Å². The van der Waals surface area contributed by atoms with Gasteiger partial charge < -0.3 is 15.0 Å². The molecule has 0 saturated carbocycles. The molecule has 2 aromatic carbocycles. The Kier molecular flexibility index (Phi) is 5.30. The number of nitrogens with one attached hydrogen (secondary N) is 2. The molecular weight excluding hydrogens is 390 g/mol. The van der Waals surface area contributed by atoms with Crippen molar-refractivity contribution in [1.29, 1.82) is 0 Å². The summed E-state index contributed by atoms with van der Waals surface area (Å²) in [5, 5.41) is 3.73. The monoisotopic (exact) mass is 411 g/mol. The van der Waals surface area contributed by atoms with Crippen molar-refractivity contribution in [3.8, 4) is 5.75 Å². The minimum Gasteiger partial charge on any atom is -0.495 e. The summed E-state index contributed by atoms with van der Waals surface area (Å²) in [6, 6.07) is 11.1. The predicted octanol–water partition coefficient (Wildman–Crippen LogP) is 3.50. The van der Waals surface area contributed by atoms with Crippen LogP contribution >= 0.6 is 11.6 Å². The number of carbonyl (C=O) groups is 1. The van der Waals surface area contributed by atoms with Crippen LogP contribution in [0.2, 0.25) is 5.02 Å². The Hall–Kier alpha value is -2.83. The van der Waals surface area contributed by atoms with E-state index in [0.29, 0.717) is 46.7 Å². The number of benzene rings is 2. The van der Waals surface area contributed by atoms with Gasteiger partial charge in [-0.2, -0.15) is 0 Å². The molecule has 1 aromatic heterocycles. The number of carbonyl (C=O) groups excluding carboxylic acids is 1. The number of hydrogen-bond donors (Lipinski definition) is 2. The Balaban J connectivity index is 1.57. The van der Waals surface area contributed by atoms with Gasteiger partial charge in [0.2, 0.25) is 5.91 Å². The summed E-state index contributed by atoms with van der Waals surface area (Å²) in [5.74, 6) is 0.486. The number of amides is 1. The van der Waals surface area contributed by atoms with E-state index in [1.54, 1.807) is 19.2 Å². The highest BCUT2D eigenvalue weighted by atomic mass is 35.5. The van der Waals surface area contributed by atoms with Gasteiger partial charge in [0, 0.05) is 36.5 Å². The third-order valence-electron chi connectivity index (χ3n) is 5.21. The Bertz CT molecular complexity index is 1160. The van der Waals surface area contributed by atoms with Gasteiger partial charge in [-0.05, 0) is 36.8 Å². The third-order valence-corrected chi connectivity index (χ3v) is 5.52. The SMILES string of the molecule is COc1ccc(Cl)c2c(=O)c3c([nH]c12)CCN(CC(=O)Nc1cccc(C)c1)C3. The van der Waals surface area contributed by atoms with E-state index < -0.39 is 0 Å². The molecule has 7 heteroatoms. The first-order chi connectivity index (χ1) is 14.0. The van der Waals surface area contributed by atoms with Crippen LogP contribution in [0.3, 0.4) is 0 Å². The van der Waals surface area contributed by atoms with E-state index >= 15 is 0 Å². The lowest BCUT2D eigenvalue weighted by Crippen LogP contribution is -2.39. The first kappa shape index (κ1) is 19.5. The van der Waals surface area contributed by atoms with Crippen molar-refractivity contribution in [2.75, 3.05) is 25.5 Å². The van der Waals surface area contributed by atoms with E-state index in [4.69, 9.17) is 16.3 Å². The molecule has 1 amide bonds. The second-order valence-electron chi connectivity index (χ2n) is 7.29. The van der Waals surface area contributed by atoms with Crippen molar-refractivity contribution in [1.82, 2.24) is 9.88 Å². The third kappa shape index (κ3) is 3.86. The van der Waals surface area contributed by atoms with Crippen LogP contribution in [-0.4, -0.2) is 36.0 Å². The number of aromatic nitrogens is 1. The molecule has 6 nitrogen and oxygen atoms in total. The fourth-order valence-corrected chi connectivity index (χ4v) is 4.05. The summed E-state index contributed by atoms with van der Waals surface area (Å²) < 4.78 is 5.38. The molecule has 1 aliphatic rings. The topological polar surface area (TPSA) is 74.4 Å². The van der Waals surface area contributed by atoms with Crippen LogP contribution in [-0.2, 0) is 17.8 Å².